The lowest BCUT2D eigenvalue weighted by molar-refractivity contribution is -0.127. The van der Waals surface area contributed by atoms with E-state index in [1.165, 1.54) is 29.2 Å². The van der Waals surface area contributed by atoms with E-state index in [9.17, 15) is 14.0 Å². The first-order chi connectivity index (χ1) is 13.0. The van der Waals surface area contributed by atoms with Crippen molar-refractivity contribution in [1.29, 1.82) is 0 Å². The Morgan fingerprint density at radius 3 is 2.59 bits per heavy atom. The molecule has 0 aliphatic carbocycles. The monoisotopic (exact) mass is 390 g/mol. The summed E-state index contributed by atoms with van der Waals surface area (Å²) in [7, 11) is 0. The van der Waals surface area contributed by atoms with Gasteiger partial charge in [-0.2, -0.15) is 0 Å². The average Bonchev–Trinajstić information content (AvgIpc) is 2.86. The third-order valence-electron chi connectivity index (χ3n) is 4.55. The molecule has 0 aromatic heterocycles. The standard InChI is InChI=1S/C19H16ClFN2O4/c1-11-18(24)22(19(25)23(11)14-4-2-13(21)3-5-14)10-12-8-15(20)17-16(9-12)26-6-7-27-17/h2-5,8-9,11H,6-7,10H2,1H3. The summed E-state index contributed by atoms with van der Waals surface area (Å²) in [4.78, 5) is 28.0. The zero-order valence-corrected chi connectivity index (χ0v) is 15.2. The largest absolute Gasteiger partial charge is 0.486 e. The summed E-state index contributed by atoms with van der Waals surface area (Å²) in [6, 6.07) is 7.67. The summed E-state index contributed by atoms with van der Waals surface area (Å²) in [6.07, 6.45) is 0. The Hall–Kier alpha value is -2.80. The number of carbonyl (C=O) groups excluding carboxylic acids is 2. The topological polar surface area (TPSA) is 59.1 Å². The van der Waals surface area contributed by atoms with Crippen LogP contribution in [0.15, 0.2) is 36.4 Å². The highest BCUT2D eigenvalue weighted by Gasteiger charge is 2.43. The first kappa shape index (κ1) is 17.6. The Morgan fingerprint density at radius 1 is 1.15 bits per heavy atom. The number of halogens is 2. The van der Waals surface area contributed by atoms with E-state index in [2.05, 4.69) is 0 Å². The molecule has 140 valence electrons. The number of anilines is 1. The highest BCUT2D eigenvalue weighted by atomic mass is 35.5. The fraction of sp³-hybridized carbons (Fsp3) is 0.263. The quantitative estimate of drug-likeness (QED) is 0.751. The zero-order chi connectivity index (χ0) is 19.1. The molecule has 2 aliphatic heterocycles. The summed E-state index contributed by atoms with van der Waals surface area (Å²) in [6.45, 7) is 2.51. The van der Waals surface area contributed by atoms with Crippen molar-refractivity contribution in [3.8, 4) is 11.5 Å². The molecule has 0 bridgehead atoms. The van der Waals surface area contributed by atoms with Gasteiger partial charge in [-0.25, -0.2) is 9.18 Å². The van der Waals surface area contributed by atoms with Crippen molar-refractivity contribution >= 4 is 29.2 Å². The Balaban J connectivity index is 1.61. The van der Waals surface area contributed by atoms with Crippen LogP contribution in [0.4, 0.5) is 14.9 Å². The molecule has 6 nitrogen and oxygen atoms in total. The number of hydrogen-bond donors (Lipinski definition) is 0. The Labute approximate surface area is 160 Å². The molecule has 1 unspecified atom stereocenters. The van der Waals surface area contributed by atoms with Gasteiger partial charge in [0.2, 0.25) is 0 Å². The second-order valence-corrected chi connectivity index (χ2v) is 6.74. The molecule has 1 fully saturated rings. The van der Waals surface area contributed by atoms with Crippen LogP contribution in [0.25, 0.3) is 0 Å². The lowest BCUT2D eigenvalue weighted by Crippen LogP contribution is -2.33. The number of fused-ring (bicyclic) bond motifs is 1. The molecule has 2 aliphatic rings. The van der Waals surface area contributed by atoms with E-state index in [1.54, 1.807) is 19.1 Å². The number of carbonyl (C=O) groups is 2. The molecule has 0 N–H and O–H groups in total. The summed E-state index contributed by atoms with van der Waals surface area (Å²) in [5, 5.41) is 0.365. The molecular weight excluding hydrogens is 375 g/mol. The van der Waals surface area contributed by atoms with E-state index < -0.39 is 17.9 Å². The third kappa shape index (κ3) is 3.08. The lowest BCUT2D eigenvalue weighted by atomic mass is 10.1. The summed E-state index contributed by atoms with van der Waals surface area (Å²) in [5.74, 6) is 0.209. The average molecular weight is 391 g/mol. The molecule has 1 saturated heterocycles. The minimum Gasteiger partial charge on any atom is -0.486 e. The molecule has 2 heterocycles. The zero-order valence-electron chi connectivity index (χ0n) is 14.4. The van der Waals surface area contributed by atoms with Crippen molar-refractivity contribution in [2.45, 2.75) is 19.5 Å². The van der Waals surface area contributed by atoms with Crippen LogP contribution < -0.4 is 14.4 Å². The minimum absolute atomic E-state index is 0.0516. The van der Waals surface area contributed by atoms with Crippen LogP contribution in [-0.2, 0) is 11.3 Å². The number of ether oxygens (including phenoxy) is 2. The van der Waals surface area contributed by atoms with Gasteiger partial charge < -0.3 is 9.47 Å². The number of rotatable bonds is 3. The van der Waals surface area contributed by atoms with Crippen molar-refractivity contribution in [3.63, 3.8) is 0 Å². The fourth-order valence-electron chi connectivity index (χ4n) is 3.25. The van der Waals surface area contributed by atoms with Crippen LogP contribution in [-0.4, -0.2) is 36.1 Å². The molecule has 2 aromatic rings. The predicted molar refractivity (Wildman–Crippen MR) is 96.7 cm³/mol. The first-order valence-electron chi connectivity index (χ1n) is 8.44. The minimum atomic E-state index is -0.685. The van der Waals surface area contributed by atoms with Crippen LogP contribution in [0.1, 0.15) is 12.5 Å². The number of amides is 3. The summed E-state index contributed by atoms with van der Waals surface area (Å²) < 4.78 is 24.2. The second-order valence-electron chi connectivity index (χ2n) is 6.33. The third-order valence-corrected chi connectivity index (χ3v) is 4.83. The summed E-state index contributed by atoms with van der Waals surface area (Å²) >= 11 is 6.23. The van der Waals surface area contributed by atoms with Crippen molar-refractivity contribution < 1.29 is 23.5 Å². The molecule has 0 spiro atoms. The number of urea groups is 1. The van der Waals surface area contributed by atoms with Gasteiger partial charge in [0.25, 0.3) is 5.91 Å². The van der Waals surface area contributed by atoms with Gasteiger partial charge in [-0.05, 0) is 48.9 Å². The molecular formula is C19H16ClFN2O4. The highest BCUT2D eigenvalue weighted by Crippen LogP contribution is 2.39. The van der Waals surface area contributed by atoms with Crippen LogP contribution in [0, 0.1) is 5.82 Å². The molecule has 27 heavy (non-hydrogen) atoms. The first-order valence-corrected chi connectivity index (χ1v) is 8.81. The second kappa shape index (κ2) is 6.74. The highest BCUT2D eigenvalue weighted by molar-refractivity contribution is 6.32. The number of hydrogen-bond acceptors (Lipinski definition) is 4. The molecule has 0 radical (unpaired) electrons. The van der Waals surface area contributed by atoms with Crippen LogP contribution in [0.2, 0.25) is 5.02 Å². The van der Waals surface area contributed by atoms with Gasteiger partial charge >= 0.3 is 6.03 Å². The van der Waals surface area contributed by atoms with E-state index in [4.69, 9.17) is 21.1 Å². The van der Waals surface area contributed by atoms with Crippen molar-refractivity contribution in [1.82, 2.24) is 4.90 Å². The molecule has 1 atom stereocenters. The van der Waals surface area contributed by atoms with Gasteiger partial charge in [-0.3, -0.25) is 14.6 Å². The normalized spacial score (nSPS) is 19.0. The molecule has 3 amide bonds. The number of nitrogens with zero attached hydrogens (tertiary/aromatic N) is 2. The molecule has 4 rings (SSSR count). The fourth-order valence-corrected chi connectivity index (χ4v) is 3.53. The molecule has 8 heteroatoms. The maximum absolute atomic E-state index is 13.2. The van der Waals surface area contributed by atoms with Crippen molar-refractivity contribution in [3.05, 3.63) is 52.8 Å². The van der Waals surface area contributed by atoms with E-state index in [0.717, 1.165) is 4.90 Å². The maximum Gasteiger partial charge on any atom is 0.332 e. The van der Waals surface area contributed by atoms with E-state index in [-0.39, 0.29) is 12.5 Å². The smallest absolute Gasteiger partial charge is 0.332 e. The maximum atomic E-state index is 13.2. The van der Waals surface area contributed by atoms with Gasteiger partial charge in [0.1, 0.15) is 25.1 Å². The van der Waals surface area contributed by atoms with E-state index in [0.29, 0.717) is 41.0 Å². The van der Waals surface area contributed by atoms with E-state index in [1.807, 2.05) is 0 Å². The molecule has 2 aromatic carbocycles. The number of benzene rings is 2. The summed E-state index contributed by atoms with van der Waals surface area (Å²) in [5.41, 5.74) is 1.11. The van der Waals surface area contributed by atoms with Gasteiger partial charge in [0.15, 0.2) is 11.5 Å². The van der Waals surface area contributed by atoms with Gasteiger partial charge in [0, 0.05) is 5.69 Å². The van der Waals surface area contributed by atoms with Crippen LogP contribution >= 0.6 is 11.6 Å². The lowest BCUT2D eigenvalue weighted by Gasteiger charge is -2.22. The van der Waals surface area contributed by atoms with E-state index >= 15 is 0 Å². The predicted octanol–water partition coefficient (Wildman–Crippen LogP) is 3.61. The Kier molecular flexibility index (Phi) is 4.39. The van der Waals surface area contributed by atoms with Crippen LogP contribution in [0.5, 0.6) is 11.5 Å². The molecule has 0 saturated carbocycles. The van der Waals surface area contributed by atoms with Crippen molar-refractivity contribution in [2.75, 3.05) is 18.1 Å². The van der Waals surface area contributed by atoms with Gasteiger partial charge in [0.05, 0.1) is 11.6 Å². The Bertz CT molecular complexity index is 919. The SMILES string of the molecule is CC1C(=O)N(Cc2cc(Cl)c3c(c2)OCCO3)C(=O)N1c1ccc(F)cc1. The Morgan fingerprint density at radius 2 is 1.85 bits per heavy atom. The van der Waals surface area contributed by atoms with Gasteiger partial charge in [-0.1, -0.05) is 11.6 Å². The van der Waals surface area contributed by atoms with Crippen molar-refractivity contribution in [2.24, 2.45) is 0 Å². The number of imide groups is 1. The van der Waals surface area contributed by atoms with Gasteiger partial charge in [-0.15, -0.1) is 0 Å². The van der Waals surface area contributed by atoms with Crippen LogP contribution in [0.3, 0.4) is 0 Å².